The van der Waals surface area contributed by atoms with E-state index >= 15 is 0 Å². The van der Waals surface area contributed by atoms with E-state index in [0.29, 0.717) is 18.7 Å². The lowest BCUT2D eigenvalue weighted by molar-refractivity contribution is -0.116. The third-order valence-electron chi connectivity index (χ3n) is 3.70. The normalized spacial score (nSPS) is 13.7. The SMILES string of the molecule is Cc1cccc(N)c1N1C(=O)Cc2cc(CN)ccc21. The molecule has 0 aliphatic carbocycles. The molecule has 3 rings (SSSR count). The summed E-state index contributed by atoms with van der Waals surface area (Å²) in [7, 11) is 0. The Hall–Kier alpha value is -2.33. The minimum absolute atomic E-state index is 0.0511. The summed E-state index contributed by atoms with van der Waals surface area (Å²) < 4.78 is 0. The van der Waals surface area contributed by atoms with Gasteiger partial charge in [0.05, 0.1) is 23.5 Å². The number of nitrogens with zero attached hydrogens (tertiary/aromatic N) is 1. The van der Waals surface area contributed by atoms with Gasteiger partial charge < -0.3 is 11.5 Å². The number of hydrogen-bond acceptors (Lipinski definition) is 3. The van der Waals surface area contributed by atoms with E-state index in [9.17, 15) is 4.79 Å². The van der Waals surface area contributed by atoms with E-state index < -0.39 is 0 Å². The number of anilines is 3. The van der Waals surface area contributed by atoms with E-state index in [4.69, 9.17) is 11.5 Å². The first-order chi connectivity index (χ1) is 9.61. The van der Waals surface area contributed by atoms with Gasteiger partial charge in [-0.2, -0.15) is 0 Å². The molecule has 20 heavy (non-hydrogen) atoms. The Kier molecular flexibility index (Phi) is 2.95. The zero-order valence-electron chi connectivity index (χ0n) is 11.4. The fourth-order valence-electron chi connectivity index (χ4n) is 2.73. The number of hydrogen-bond donors (Lipinski definition) is 2. The first-order valence-electron chi connectivity index (χ1n) is 6.61. The first-order valence-corrected chi connectivity index (χ1v) is 6.61. The Balaban J connectivity index is 2.15. The number of para-hydroxylation sites is 1. The molecular weight excluding hydrogens is 250 g/mol. The van der Waals surface area contributed by atoms with Gasteiger partial charge in [0.2, 0.25) is 5.91 Å². The van der Waals surface area contributed by atoms with Crippen LogP contribution in [0.15, 0.2) is 36.4 Å². The van der Waals surface area contributed by atoms with Crippen LogP contribution in [-0.2, 0) is 17.8 Å². The molecule has 0 atom stereocenters. The number of carbonyl (C=O) groups excluding carboxylic acids is 1. The Morgan fingerprint density at radius 1 is 1.25 bits per heavy atom. The third kappa shape index (κ3) is 1.85. The van der Waals surface area contributed by atoms with Crippen molar-refractivity contribution in [2.24, 2.45) is 5.73 Å². The molecule has 1 heterocycles. The number of benzene rings is 2. The van der Waals surface area contributed by atoms with Crippen LogP contribution in [0.4, 0.5) is 17.1 Å². The van der Waals surface area contributed by atoms with Crippen LogP contribution < -0.4 is 16.4 Å². The predicted molar refractivity (Wildman–Crippen MR) is 80.8 cm³/mol. The highest BCUT2D eigenvalue weighted by Gasteiger charge is 2.30. The molecule has 0 fully saturated rings. The van der Waals surface area contributed by atoms with Crippen molar-refractivity contribution in [3.63, 3.8) is 0 Å². The van der Waals surface area contributed by atoms with Crippen LogP contribution in [0.5, 0.6) is 0 Å². The zero-order chi connectivity index (χ0) is 14.3. The number of carbonyl (C=O) groups is 1. The average Bonchev–Trinajstić information content (AvgIpc) is 2.74. The Morgan fingerprint density at radius 3 is 2.75 bits per heavy atom. The van der Waals surface area contributed by atoms with E-state index in [1.165, 1.54) is 0 Å². The van der Waals surface area contributed by atoms with Gasteiger partial charge in [0.15, 0.2) is 0 Å². The van der Waals surface area contributed by atoms with Crippen molar-refractivity contribution in [2.75, 3.05) is 10.6 Å². The van der Waals surface area contributed by atoms with Crippen molar-refractivity contribution < 1.29 is 4.79 Å². The summed E-state index contributed by atoms with van der Waals surface area (Å²) in [5, 5.41) is 0. The minimum atomic E-state index is 0.0511. The van der Waals surface area contributed by atoms with Crippen molar-refractivity contribution in [2.45, 2.75) is 19.9 Å². The molecule has 102 valence electrons. The summed E-state index contributed by atoms with van der Waals surface area (Å²) >= 11 is 0. The van der Waals surface area contributed by atoms with Crippen LogP contribution in [0, 0.1) is 6.92 Å². The fourth-order valence-corrected chi connectivity index (χ4v) is 2.73. The lowest BCUT2D eigenvalue weighted by Crippen LogP contribution is -2.22. The van der Waals surface area contributed by atoms with Crippen molar-refractivity contribution in [3.05, 3.63) is 53.1 Å². The van der Waals surface area contributed by atoms with Gasteiger partial charge in [-0.1, -0.05) is 24.3 Å². The standard InChI is InChI=1S/C16H17N3O/c1-10-3-2-4-13(18)16(10)19-14-6-5-11(9-17)7-12(14)8-15(19)20/h2-7H,8-9,17-18H2,1H3. The summed E-state index contributed by atoms with van der Waals surface area (Å²) in [6, 6.07) is 11.6. The van der Waals surface area contributed by atoms with Gasteiger partial charge in [-0.25, -0.2) is 0 Å². The number of aryl methyl sites for hydroxylation is 1. The maximum absolute atomic E-state index is 12.4. The van der Waals surface area contributed by atoms with Gasteiger partial charge in [0.1, 0.15) is 0 Å². The molecule has 1 aliphatic rings. The van der Waals surface area contributed by atoms with Gasteiger partial charge in [0, 0.05) is 6.54 Å². The van der Waals surface area contributed by atoms with Crippen LogP contribution in [0.2, 0.25) is 0 Å². The van der Waals surface area contributed by atoms with Crippen molar-refractivity contribution in [3.8, 4) is 0 Å². The van der Waals surface area contributed by atoms with Gasteiger partial charge >= 0.3 is 0 Å². The maximum atomic E-state index is 12.4. The monoisotopic (exact) mass is 267 g/mol. The molecule has 0 saturated heterocycles. The first kappa shape index (κ1) is 12.7. The Labute approximate surface area is 118 Å². The van der Waals surface area contributed by atoms with Gasteiger partial charge in [-0.05, 0) is 35.7 Å². The summed E-state index contributed by atoms with van der Waals surface area (Å²) in [6.45, 7) is 2.44. The van der Waals surface area contributed by atoms with E-state index in [0.717, 1.165) is 28.1 Å². The summed E-state index contributed by atoms with van der Waals surface area (Å²) in [4.78, 5) is 14.1. The molecule has 0 aromatic heterocycles. The summed E-state index contributed by atoms with van der Waals surface area (Å²) in [5.41, 5.74) is 17.1. The topological polar surface area (TPSA) is 72.3 Å². The molecule has 0 bridgehead atoms. The molecule has 0 unspecified atom stereocenters. The van der Waals surface area contributed by atoms with Crippen LogP contribution in [0.25, 0.3) is 0 Å². The number of amides is 1. The van der Waals surface area contributed by atoms with E-state index in [1.54, 1.807) is 4.90 Å². The number of nitrogens with two attached hydrogens (primary N) is 2. The predicted octanol–water partition coefficient (Wildman–Crippen LogP) is 2.26. The Morgan fingerprint density at radius 2 is 2.05 bits per heavy atom. The van der Waals surface area contributed by atoms with E-state index in [2.05, 4.69) is 0 Å². The molecular formula is C16H17N3O. The van der Waals surface area contributed by atoms with Crippen LogP contribution >= 0.6 is 0 Å². The number of nitrogen functional groups attached to an aromatic ring is 1. The fraction of sp³-hybridized carbons (Fsp3) is 0.188. The quantitative estimate of drug-likeness (QED) is 0.820. The van der Waals surface area contributed by atoms with Gasteiger partial charge in [0.25, 0.3) is 0 Å². The molecule has 1 amide bonds. The van der Waals surface area contributed by atoms with Gasteiger partial charge in [-0.15, -0.1) is 0 Å². The largest absolute Gasteiger partial charge is 0.397 e. The average molecular weight is 267 g/mol. The zero-order valence-corrected chi connectivity index (χ0v) is 11.4. The highest BCUT2D eigenvalue weighted by atomic mass is 16.2. The van der Waals surface area contributed by atoms with Gasteiger partial charge in [-0.3, -0.25) is 9.69 Å². The minimum Gasteiger partial charge on any atom is -0.397 e. The molecule has 4 nitrogen and oxygen atoms in total. The smallest absolute Gasteiger partial charge is 0.236 e. The third-order valence-corrected chi connectivity index (χ3v) is 3.70. The van der Waals surface area contributed by atoms with Crippen molar-refractivity contribution >= 4 is 23.0 Å². The number of fused-ring (bicyclic) bond motifs is 1. The van der Waals surface area contributed by atoms with Crippen LogP contribution in [0.1, 0.15) is 16.7 Å². The number of rotatable bonds is 2. The molecule has 2 aromatic rings. The molecule has 4 heteroatoms. The molecule has 4 N–H and O–H groups in total. The van der Waals surface area contributed by atoms with Crippen molar-refractivity contribution in [1.82, 2.24) is 0 Å². The lowest BCUT2D eigenvalue weighted by atomic mass is 10.1. The molecule has 1 aliphatic heterocycles. The Bertz CT molecular complexity index is 674. The summed E-state index contributed by atoms with van der Waals surface area (Å²) in [5.74, 6) is 0.0511. The molecule has 0 radical (unpaired) electrons. The molecule has 2 aromatic carbocycles. The van der Waals surface area contributed by atoms with Crippen molar-refractivity contribution in [1.29, 1.82) is 0 Å². The second-order valence-corrected chi connectivity index (χ2v) is 5.09. The van der Waals surface area contributed by atoms with E-state index in [1.807, 2.05) is 43.3 Å². The molecule has 0 saturated carbocycles. The lowest BCUT2D eigenvalue weighted by Gasteiger charge is -2.22. The second kappa shape index (κ2) is 4.65. The highest BCUT2D eigenvalue weighted by Crippen LogP contribution is 2.40. The maximum Gasteiger partial charge on any atom is 0.236 e. The van der Waals surface area contributed by atoms with Crippen LogP contribution in [-0.4, -0.2) is 5.91 Å². The van der Waals surface area contributed by atoms with Crippen LogP contribution in [0.3, 0.4) is 0 Å². The highest BCUT2D eigenvalue weighted by molar-refractivity contribution is 6.09. The summed E-state index contributed by atoms with van der Waals surface area (Å²) in [6.07, 6.45) is 0.400. The van der Waals surface area contributed by atoms with E-state index in [-0.39, 0.29) is 5.91 Å². The second-order valence-electron chi connectivity index (χ2n) is 5.09. The molecule has 0 spiro atoms.